The van der Waals surface area contributed by atoms with Gasteiger partial charge in [0.2, 0.25) is 0 Å². The monoisotopic (exact) mass is 223 g/mol. The summed E-state index contributed by atoms with van der Waals surface area (Å²) in [5, 5.41) is 0.823. The maximum atomic E-state index is 2.33. The number of hydrogen-bond donors (Lipinski definition) is 0. The fraction of sp³-hybridized carbons (Fsp3) is 1.00. The summed E-state index contributed by atoms with van der Waals surface area (Å²) in [7, 11) is 1.84. The molecule has 4 bridgehead atoms. The SMILES string of the molecule is CCCC[P]C12CC3CC(CC(C3)C1)C2. The Balaban J connectivity index is 1.65. The Labute approximate surface area is 96.4 Å². The van der Waals surface area contributed by atoms with Crippen LogP contribution < -0.4 is 0 Å². The molecule has 4 rings (SSSR count). The topological polar surface area (TPSA) is 0 Å². The van der Waals surface area contributed by atoms with Crippen LogP contribution in [0.5, 0.6) is 0 Å². The van der Waals surface area contributed by atoms with E-state index in [0.717, 1.165) is 22.9 Å². The van der Waals surface area contributed by atoms with Crippen LogP contribution in [0, 0.1) is 17.8 Å². The van der Waals surface area contributed by atoms with E-state index in [9.17, 15) is 0 Å². The first kappa shape index (κ1) is 10.6. The van der Waals surface area contributed by atoms with E-state index in [2.05, 4.69) is 6.92 Å². The lowest BCUT2D eigenvalue weighted by molar-refractivity contribution is 0.0367. The van der Waals surface area contributed by atoms with Crippen molar-refractivity contribution in [3.8, 4) is 0 Å². The van der Waals surface area contributed by atoms with Crippen LogP contribution in [-0.4, -0.2) is 11.3 Å². The van der Waals surface area contributed by atoms with Crippen LogP contribution in [0.3, 0.4) is 0 Å². The molecule has 0 atom stereocenters. The third kappa shape index (κ3) is 1.99. The van der Waals surface area contributed by atoms with Crippen molar-refractivity contribution in [1.29, 1.82) is 0 Å². The van der Waals surface area contributed by atoms with Gasteiger partial charge in [-0.1, -0.05) is 21.9 Å². The highest BCUT2D eigenvalue weighted by atomic mass is 31.1. The normalized spacial score (nSPS) is 48.2. The lowest BCUT2D eigenvalue weighted by Gasteiger charge is -2.56. The molecule has 85 valence electrons. The molecule has 0 N–H and O–H groups in total. The predicted molar refractivity (Wildman–Crippen MR) is 67.6 cm³/mol. The van der Waals surface area contributed by atoms with Gasteiger partial charge in [-0.05, 0) is 74.0 Å². The quantitative estimate of drug-likeness (QED) is 0.478. The summed E-state index contributed by atoms with van der Waals surface area (Å²) in [4.78, 5) is 0. The third-order valence-electron chi connectivity index (χ3n) is 4.96. The van der Waals surface area contributed by atoms with Crippen LogP contribution in [-0.2, 0) is 0 Å². The van der Waals surface area contributed by atoms with Gasteiger partial charge in [-0.2, -0.15) is 0 Å². The Bertz CT molecular complexity index is 198. The standard InChI is InChI=1S/C14H24P/c1-2-3-4-15-14-8-11-5-12(9-14)7-13(6-11)10-14/h11-13H,2-10H2,1H3. The average Bonchev–Trinajstić information content (AvgIpc) is 2.15. The molecule has 4 aliphatic carbocycles. The molecule has 0 aromatic rings. The van der Waals surface area contributed by atoms with Crippen molar-refractivity contribution in [3.63, 3.8) is 0 Å². The van der Waals surface area contributed by atoms with Crippen molar-refractivity contribution in [3.05, 3.63) is 0 Å². The van der Waals surface area contributed by atoms with E-state index in [1.54, 1.807) is 38.5 Å². The van der Waals surface area contributed by atoms with Gasteiger partial charge < -0.3 is 0 Å². The molecule has 0 spiro atoms. The average molecular weight is 223 g/mol. The van der Waals surface area contributed by atoms with Gasteiger partial charge in [0.15, 0.2) is 0 Å². The van der Waals surface area contributed by atoms with Crippen LogP contribution >= 0.6 is 8.58 Å². The zero-order valence-corrected chi connectivity index (χ0v) is 10.9. The Morgan fingerprint density at radius 2 is 1.53 bits per heavy atom. The third-order valence-corrected chi connectivity index (χ3v) is 6.72. The van der Waals surface area contributed by atoms with Gasteiger partial charge >= 0.3 is 0 Å². The van der Waals surface area contributed by atoms with E-state index < -0.39 is 0 Å². The van der Waals surface area contributed by atoms with Gasteiger partial charge in [0.1, 0.15) is 0 Å². The van der Waals surface area contributed by atoms with Crippen LogP contribution in [0.25, 0.3) is 0 Å². The van der Waals surface area contributed by atoms with Crippen LogP contribution in [0.15, 0.2) is 0 Å². The van der Waals surface area contributed by atoms with Crippen molar-refractivity contribution in [2.45, 2.75) is 63.4 Å². The summed E-state index contributed by atoms with van der Waals surface area (Å²) in [6.07, 6.45) is 13.9. The molecular weight excluding hydrogens is 199 g/mol. The Hall–Kier alpha value is 0.430. The second kappa shape index (κ2) is 4.02. The highest BCUT2D eigenvalue weighted by molar-refractivity contribution is 7.40. The first-order chi connectivity index (χ1) is 7.30. The zero-order valence-electron chi connectivity index (χ0n) is 10.0. The van der Waals surface area contributed by atoms with Gasteiger partial charge in [-0.15, -0.1) is 0 Å². The highest BCUT2D eigenvalue weighted by Crippen LogP contribution is 2.62. The summed E-state index contributed by atoms with van der Waals surface area (Å²) in [5.74, 6) is 3.43. The van der Waals surface area contributed by atoms with Gasteiger partial charge in [0.05, 0.1) is 0 Å². The maximum absolute atomic E-state index is 2.33. The van der Waals surface area contributed by atoms with E-state index in [1.807, 2.05) is 8.58 Å². The summed E-state index contributed by atoms with van der Waals surface area (Å²) in [5.41, 5.74) is 0. The summed E-state index contributed by atoms with van der Waals surface area (Å²) in [6, 6.07) is 0. The molecular formula is C14H24P. The van der Waals surface area contributed by atoms with E-state index in [4.69, 9.17) is 0 Å². The Morgan fingerprint density at radius 3 is 2.00 bits per heavy atom. The van der Waals surface area contributed by atoms with Crippen molar-refractivity contribution >= 4 is 8.58 Å². The van der Waals surface area contributed by atoms with E-state index in [-0.39, 0.29) is 0 Å². The summed E-state index contributed by atoms with van der Waals surface area (Å²) in [6.45, 7) is 2.33. The molecule has 4 fully saturated rings. The van der Waals surface area contributed by atoms with Crippen molar-refractivity contribution < 1.29 is 0 Å². The zero-order chi connectivity index (χ0) is 10.3. The largest absolute Gasteiger partial charge is 0.0741 e. The van der Waals surface area contributed by atoms with E-state index in [0.29, 0.717) is 0 Å². The van der Waals surface area contributed by atoms with Gasteiger partial charge in [0.25, 0.3) is 0 Å². The van der Waals surface area contributed by atoms with Crippen LogP contribution in [0.1, 0.15) is 58.3 Å². The smallest absolute Gasteiger partial charge is 0.00478 e. The minimum atomic E-state index is 0.823. The molecule has 4 aliphatic rings. The molecule has 0 nitrogen and oxygen atoms in total. The summed E-state index contributed by atoms with van der Waals surface area (Å²) >= 11 is 0. The molecule has 0 heterocycles. The first-order valence-electron chi connectivity index (χ1n) is 6.98. The highest BCUT2D eigenvalue weighted by Gasteiger charge is 2.50. The second-order valence-electron chi connectivity index (χ2n) is 6.38. The number of hydrogen-bond acceptors (Lipinski definition) is 0. The molecule has 0 unspecified atom stereocenters. The van der Waals surface area contributed by atoms with E-state index in [1.165, 1.54) is 19.0 Å². The van der Waals surface area contributed by atoms with Crippen molar-refractivity contribution in [2.24, 2.45) is 17.8 Å². The van der Waals surface area contributed by atoms with Gasteiger partial charge in [-0.25, -0.2) is 0 Å². The molecule has 0 aliphatic heterocycles. The van der Waals surface area contributed by atoms with E-state index >= 15 is 0 Å². The lowest BCUT2D eigenvalue weighted by atomic mass is 9.56. The van der Waals surface area contributed by atoms with Crippen molar-refractivity contribution in [2.75, 3.05) is 6.16 Å². The fourth-order valence-electron chi connectivity index (χ4n) is 4.73. The second-order valence-corrected chi connectivity index (χ2v) is 8.09. The maximum Gasteiger partial charge on any atom is -0.00478 e. The fourth-order valence-corrected chi connectivity index (χ4v) is 6.84. The molecule has 15 heavy (non-hydrogen) atoms. The lowest BCUT2D eigenvalue weighted by Crippen LogP contribution is -2.48. The molecule has 1 radical (unpaired) electrons. The minimum Gasteiger partial charge on any atom is -0.0741 e. The molecule has 0 aromatic carbocycles. The molecule has 0 amide bonds. The predicted octanol–water partition coefficient (Wildman–Crippen LogP) is 4.70. The molecule has 0 saturated heterocycles. The van der Waals surface area contributed by atoms with Crippen LogP contribution in [0.2, 0.25) is 0 Å². The molecule has 1 heteroatoms. The minimum absolute atomic E-state index is 0.823. The first-order valence-corrected chi connectivity index (χ1v) is 8.06. The van der Waals surface area contributed by atoms with Crippen LogP contribution in [0.4, 0.5) is 0 Å². The molecule has 4 saturated carbocycles. The van der Waals surface area contributed by atoms with Gasteiger partial charge in [-0.3, -0.25) is 0 Å². The number of unbranched alkanes of at least 4 members (excludes halogenated alkanes) is 1. The molecule has 0 aromatic heterocycles. The van der Waals surface area contributed by atoms with Crippen molar-refractivity contribution in [1.82, 2.24) is 0 Å². The Morgan fingerprint density at radius 1 is 1.00 bits per heavy atom. The van der Waals surface area contributed by atoms with Gasteiger partial charge in [0, 0.05) is 0 Å². The number of rotatable bonds is 4. The Kier molecular flexibility index (Phi) is 2.84. The summed E-state index contributed by atoms with van der Waals surface area (Å²) < 4.78 is 0.